The van der Waals surface area contributed by atoms with E-state index in [1.807, 2.05) is 0 Å². The molecule has 3 aromatic rings. The van der Waals surface area contributed by atoms with Crippen molar-refractivity contribution in [3.63, 3.8) is 0 Å². The zero-order valence-corrected chi connectivity index (χ0v) is 15.3. The van der Waals surface area contributed by atoms with Crippen LogP contribution < -0.4 is 5.56 Å². The number of aromatic nitrogens is 2. The Morgan fingerprint density at radius 2 is 1.69 bits per heavy atom. The van der Waals surface area contributed by atoms with Crippen molar-refractivity contribution in [3.05, 3.63) is 62.5 Å². The molecule has 1 aromatic carbocycles. The van der Waals surface area contributed by atoms with Crippen LogP contribution in [0.5, 0.6) is 0 Å². The molecule has 154 valence electrons. The quantitative estimate of drug-likeness (QED) is 0.624. The Kier molecular flexibility index (Phi) is 5.15. The van der Waals surface area contributed by atoms with Gasteiger partial charge >= 0.3 is 12.4 Å². The fourth-order valence-corrected chi connectivity index (χ4v) is 3.32. The molecule has 0 spiro atoms. The van der Waals surface area contributed by atoms with E-state index in [9.17, 15) is 35.9 Å². The Morgan fingerprint density at radius 3 is 2.24 bits per heavy atom. The van der Waals surface area contributed by atoms with Crippen molar-refractivity contribution in [2.24, 2.45) is 0 Å². The monoisotopic (exact) mass is 435 g/mol. The second-order valence-electron chi connectivity index (χ2n) is 6.10. The average molecular weight is 435 g/mol. The third-order valence-corrected chi connectivity index (χ3v) is 4.83. The molecule has 0 aliphatic carbocycles. The maximum absolute atomic E-state index is 13.0. The molecule has 1 N–H and O–H groups in total. The maximum atomic E-state index is 13.0. The van der Waals surface area contributed by atoms with Crippen LogP contribution in [0.15, 0.2) is 34.4 Å². The Balaban J connectivity index is 1.94. The Morgan fingerprint density at radius 1 is 1.10 bits per heavy atom. The highest BCUT2D eigenvalue weighted by Crippen LogP contribution is 2.36. The number of hydrogen-bond donors (Lipinski definition) is 1. The van der Waals surface area contributed by atoms with E-state index < -0.39 is 40.5 Å². The van der Waals surface area contributed by atoms with Crippen LogP contribution in [0.2, 0.25) is 0 Å². The number of rotatable bonds is 3. The molecule has 0 unspecified atom stereocenters. The van der Waals surface area contributed by atoms with Gasteiger partial charge in [-0.05, 0) is 29.6 Å². The number of halogens is 6. The summed E-state index contributed by atoms with van der Waals surface area (Å²) in [7, 11) is 1.17. The molecule has 1 amide bonds. The molecule has 5 nitrogen and oxygen atoms in total. The fourth-order valence-electron chi connectivity index (χ4n) is 2.59. The summed E-state index contributed by atoms with van der Waals surface area (Å²) in [6.07, 6.45) is -10.1. The molecule has 0 fully saturated rings. The third kappa shape index (κ3) is 4.42. The van der Waals surface area contributed by atoms with Crippen LogP contribution in [0.3, 0.4) is 0 Å². The van der Waals surface area contributed by atoms with Gasteiger partial charge in [0, 0.05) is 12.6 Å². The largest absolute Gasteiger partial charge is 0.416 e. The van der Waals surface area contributed by atoms with Crippen LogP contribution in [0.4, 0.5) is 26.3 Å². The molecule has 12 heteroatoms. The van der Waals surface area contributed by atoms with Crippen LogP contribution in [-0.4, -0.2) is 27.8 Å². The van der Waals surface area contributed by atoms with Crippen molar-refractivity contribution in [2.75, 3.05) is 7.05 Å². The predicted octanol–water partition coefficient (Wildman–Crippen LogP) is 4.29. The normalized spacial score (nSPS) is 12.4. The van der Waals surface area contributed by atoms with Crippen LogP contribution in [-0.2, 0) is 18.9 Å². The Hall–Kier alpha value is -2.89. The molecule has 3 rings (SSSR count). The molecule has 0 bridgehead atoms. The minimum absolute atomic E-state index is 0.0415. The summed E-state index contributed by atoms with van der Waals surface area (Å²) in [4.78, 5) is 31.9. The summed E-state index contributed by atoms with van der Waals surface area (Å²) in [5.41, 5.74) is -4.05. The van der Waals surface area contributed by atoms with Crippen LogP contribution >= 0.6 is 11.3 Å². The molecule has 2 heterocycles. The van der Waals surface area contributed by atoms with E-state index in [4.69, 9.17) is 0 Å². The molecule has 0 saturated heterocycles. The van der Waals surface area contributed by atoms with Gasteiger partial charge in [-0.2, -0.15) is 26.3 Å². The number of hydrogen-bond acceptors (Lipinski definition) is 4. The SMILES string of the molecule is CN(Cc1nc2ccsc2c(=O)[nH]1)C(=O)c1cc(C(F)(F)F)cc(C(F)(F)F)c1. The lowest BCUT2D eigenvalue weighted by molar-refractivity contribution is -0.143. The molecule has 0 atom stereocenters. The zero-order chi connectivity index (χ0) is 21.6. The number of nitrogens with one attached hydrogen (secondary N) is 1. The van der Waals surface area contributed by atoms with Crippen molar-refractivity contribution in [3.8, 4) is 0 Å². The molecular formula is C17H11F6N3O2S. The second-order valence-corrected chi connectivity index (χ2v) is 7.02. The first-order valence-electron chi connectivity index (χ1n) is 7.87. The number of fused-ring (bicyclic) bond motifs is 1. The van der Waals surface area contributed by atoms with Crippen molar-refractivity contribution < 1.29 is 31.1 Å². The number of alkyl halides is 6. The first-order chi connectivity index (χ1) is 13.4. The zero-order valence-electron chi connectivity index (χ0n) is 14.5. The van der Waals surface area contributed by atoms with Gasteiger partial charge in [0.15, 0.2) is 0 Å². The van der Waals surface area contributed by atoms with E-state index in [1.165, 1.54) is 7.05 Å². The topological polar surface area (TPSA) is 66.1 Å². The number of aromatic amines is 1. The highest BCUT2D eigenvalue weighted by atomic mass is 32.1. The van der Waals surface area contributed by atoms with Crippen LogP contribution in [0.25, 0.3) is 10.2 Å². The lowest BCUT2D eigenvalue weighted by Gasteiger charge is -2.19. The lowest BCUT2D eigenvalue weighted by Crippen LogP contribution is -2.29. The smallest absolute Gasteiger partial charge is 0.334 e. The fraction of sp³-hybridized carbons (Fsp3) is 0.235. The van der Waals surface area contributed by atoms with E-state index in [2.05, 4.69) is 9.97 Å². The molecule has 0 radical (unpaired) electrons. The third-order valence-electron chi connectivity index (χ3n) is 3.93. The highest BCUT2D eigenvalue weighted by Gasteiger charge is 2.37. The van der Waals surface area contributed by atoms with Gasteiger partial charge in [-0.15, -0.1) is 11.3 Å². The van der Waals surface area contributed by atoms with Gasteiger partial charge < -0.3 is 9.88 Å². The van der Waals surface area contributed by atoms with E-state index >= 15 is 0 Å². The molecule has 0 aliphatic rings. The first kappa shape index (κ1) is 20.8. The summed E-state index contributed by atoms with van der Waals surface area (Å²) in [5.74, 6) is -1.05. The minimum atomic E-state index is -5.06. The second kappa shape index (κ2) is 7.17. The van der Waals surface area contributed by atoms with E-state index in [0.29, 0.717) is 22.3 Å². The standard InChI is InChI=1S/C17H11F6N3O2S/c1-26(7-12-24-11-2-3-29-13(11)14(27)25-12)15(28)8-4-9(16(18,19)20)6-10(5-8)17(21,22)23/h2-6H,7H2,1H3,(H,24,25,27). The number of carbonyl (C=O) groups excluding carboxylic acids is 1. The summed E-state index contributed by atoms with van der Waals surface area (Å²) in [6, 6.07) is 2.22. The maximum Gasteiger partial charge on any atom is 0.416 e. The van der Waals surface area contributed by atoms with Gasteiger partial charge in [0.2, 0.25) is 0 Å². The van der Waals surface area contributed by atoms with Gasteiger partial charge in [0.25, 0.3) is 11.5 Å². The summed E-state index contributed by atoms with van der Waals surface area (Å²) in [6.45, 7) is -0.322. The average Bonchev–Trinajstić information content (AvgIpc) is 3.08. The number of H-pyrrole nitrogens is 1. The molecule has 2 aromatic heterocycles. The number of thiophene rings is 1. The first-order valence-corrected chi connectivity index (χ1v) is 8.75. The van der Waals surface area contributed by atoms with Gasteiger partial charge in [-0.3, -0.25) is 9.59 Å². The summed E-state index contributed by atoms with van der Waals surface area (Å²) < 4.78 is 78.2. The van der Waals surface area contributed by atoms with Gasteiger partial charge in [-0.25, -0.2) is 4.98 Å². The summed E-state index contributed by atoms with van der Waals surface area (Å²) >= 11 is 1.15. The van der Waals surface area contributed by atoms with Crippen molar-refractivity contribution in [1.82, 2.24) is 14.9 Å². The van der Waals surface area contributed by atoms with Crippen LogP contribution in [0.1, 0.15) is 27.3 Å². The van der Waals surface area contributed by atoms with Crippen molar-refractivity contribution >= 4 is 27.5 Å². The number of nitrogens with zero attached hydrogens (tertiary/aromatic N) is 2. The van der Waals surface area contributed by atoms with Gasteiger partial charge in [-0.1, -0.05) is 0 Å². The molecular weight excluding hydrogens is 424 g/mol. The Bertz CT molecular complexity index is 1100. The van der Waals surface area contributed by atoms with E-state index in [-0.39, 0.29) is 18.4 Å². The molecule has 29 heavy (non-hydrogen) atoms. The summed E-state index contributed by atoms with van der Waals surface area (Å²) in [5, 5.41) is 1.63. The van der Waals surface area contributed by atoms with Crippen molar-refractivity contribution in [2.45, 2.75) is 18.9 Å². The van der Waals surface area contributed by atoms with Crippen molar-refractivity contribution in [1.29, 1.82) is 0 Å². The minimum Gasteiger partial charge on any atom is -0.334 e. The predicted molar refractivity (Wildman–Crippen MR) is 92.5 cm³/mol. The molecule has 0 aliphatic heterocycles. The lowest BCUT2D eigenvalue weighted by atomic mass is 10.0. The van der Waals surface area contributed by atoms with Gasteiger partial charge in [0.05, 0.1) is 23.2 Å². The number of benzene rings is 1. The van der Waals surface area contributed by atoms with Crippen LogP contribution in [0, 0.1) is 0 Å². The Labute approximate surface area is 162 Å². The van der Waals surface area contributed by atoms with Gasteiger partial charge in [0.1, 0.15) is 10.5 Å². The van der Waals surface area contributed by atoms with E-state index in [0.717, 1.165) is 16.2 Å². The molecule has 0 saturated carbocycles. The van der Waals surface area contributed by atoms with E-state index in [1.54, 1.807) is 11.4 Å². The highest BCUT2D eigenvalue weighted by molar-refractivity contribution is 7.17. The number of amides is 1. The number of carbonyl (C=O) groups is 1.